The molecule has 1 aliphatic rings. The summed E-state index contributed by atoms with van der Waals surface area (Å²) in [5.74, 6) is 0.790. The standard InChI is InChI=1S/C16H23NO3/c1-12(7-10-17-15(19)20)11-16(8-2-9-16)13-3-5-14(18)6-4-13/h3-6,12,17-18H,2,7-11H2,1H3,(H,19,20). The highest BCUT2D eigenvalue weighted by atomic mass is 16.4. The molecule has 0 aromatic heterocycles. The van der Waals surface area contributed by atoms with Gasteiger partial charge in [0.15, 0.2) is 0 Å². The molecule has 0 bridgehead atoms. The second kappa shape index (κ2) is 6.16. The van der Waals surface area contributed by atoms with Crippen molar-refractivity contribution in [3.63, 3.8) is 0 Å². The number of phenols is 1. The molecule has 110 valence electrons. The number of amides is 1. The maximum atomic E-state index is 10.5. The van der Waals surface area contributed by atoms with Crippen LogP contribution in [0, 0.1) is 5.92 Å². The van der Waals surface area contributed by atoms with Crippen LogP contribution in [-0.2, 0) is 5.41 Å². The van der Waals surface area contributed by atoms with Crippen molar-refractivity contribution in [3.05, 3.63) is 29.8 Å². The highest BCUT2D eigenvalue weighted by Crippen LogP contribution is 2.48. The minimum absolute atomic E-state index is 0.232. The van der Waals surface area contributed by atoms with E-state index in [9.17, 15) is 9.90 Å². The molecule has 0 aliphatic heterocycles. The first-order valence-electron chi connectivity index (χ1n) is 7.28. The van der Waals surface area contributed by atoms with Crippen molar-refractivity contribution >= 4 is 6.09 Å². The normalized spacial score (nSPS) is 18.1. The molecule has 20 heavy (non-hydrogen) atoms. The quantitative estimate of drug-likeness (QED) is 0.745. The van der Waals surface area contributed by atoms with E-state index in [1.165, 1.54) is 24.8 Å². The molecule has 1 amide bonds. The van der Waals surface area contributed by atoms with Gasteiger partial charge in [-0.15, -0.1) is 0 Å². The second-order valence-electron chi connectivity index (χ2n) is 6.01. The third-order valence-corrected chi connectivity index (χ3v) is 4.44. The Kier molecular flexibility index (Phi) is 4.53. The smallest absolute Gasteiger partial charge is 0.404 e. The molecule has 1 aromatic carbocycles. The van der Waals surface area contributed by atoms with Gasteiger partial charge in [0.25, 0.3) is 0 Å². The van der Waals surface area contributed by atoms with Gasteiger partial charge in [0.05, 0.1) is 0 Å². The Labute approximate surface area is 119 Å². The first kappa shape index (κ1) is 14.7. The van der Waals surface area contributed by atoms with E-state index < -0.39 is 6.09 Å². The van der Waals surface area contributed by atoms with Gasteiger partial charge in [-0.3, -0.25) is 0 Å². The molecule has 2 rings (SSSR count). The van der Waals surface area contributed by atoms with Gasteiger partial charge in [-0.05, 0) is 54.7 Å². The van der Waals surface area contributed by atoms with Crippen molar-refractivity contribution < 1.29 is 15.0 Å². The van der Waals surface area contributed by atoms with Crippen LogP contribution in [0.2, 0.25) is 0 Å². The fourth-order valence-electron chi connectivity index (χ4n) is 3.22. The van der Waals surface area contributed by atoms with Crippen LogP contribution in [0.15, 0.2) is 24.3 Å². The lowest BCUT2D eigenvalue weighted by atomic mass is 9.60. The molecule has 1 unspecified atom stereocenters. The number of carboxylic acid groups (broad SMARTS) is 1. The lowest BCUT2D eigenvalue weighted by molar-refractivity contribution is 0.183. The molecular weight excluding hydrogens is 254 g/mol. The Hall–Kier alpha value is -1.71. The maximum Gasteiger partial charge on any atom is 0.404 e. The molecule has 0 spiro atoms. The van der Waals surface area contributed by atoms with Crippen molar-refractivity contribution in [2.75, 3.05) is 6.54 Å². The summed E-state index contributed by atoms with van der Waals surface area (Å²) in [6.07, 6.45) is 4.63. The van der Waals surface area contributed by atoms with Crippen LogP contribution >= 0.6 is 0 Å². The first-order valence-corrected chi connectivity index (χ1v) is 7.28. The summed E-state index contributed by atoms with van der Waals surface area (Å²) in [4.78, 5) is 10.5. The van der Waals surface area contributed by atoms with E-state index in [1.54, 1.807) is 12.1 Å². The van der Waals surface area contributed by atoms with Crippen molar-refractivity contribution in [3.8, 4) is 5.75 Å². The van der Waals surface area contributed by atoms with Crippen LogP contribution in [-0.4, -0.2) is 22.9 Å². The van der Waals surface area contributed by atoms with Crippen molar-refractivity contribution in [2.45, 2.75) is 44.4 Å². The fourth-order valence-corrected chi connectivity index (χ4v) is 3.22. The number of hydrogen-bond acceptors (Lipinski definition) is 2. The monoisotopic (exact) mass is 277 g/mol. The van der Waals surface area contributed by atoms with Crippen LogP contribution in [0.5, 0.6) is 5.75 Å². The third kappa shape index (κ3) is 3.44. The summed E-state index contributed by atoms with van der Waals surface area (Å²) < 4.78 is 0. The average molecular weight is 277 g/mol. The molecular formula is C16H23NO3. The zero-order chi connectivity index (χ0) is 14.6. The zero-order valence-corrected chi connectivity index (χ0v) is 11.9. The van der Waals surface area contributed by atoms with Crippen molar-refractivity contribution in [2.24, 2.45) is 5.92 Å². The number of aromatic hydroxyl groups is 1. The summed E-state index contributed by atoms with van der Waals surface area (Å²) in [6.45, 7) is 2.70. The minimum Gasteiger partial charge on any atom is -0.508 e. The van der Waals surface area contributed by atoms with E-state index in [2.05, 4.69) is 12.2 Å². The molecule has 3 N–H and O–H groups in total. The van der Waals surface area contributed by atoms with Crippen molar-refractivity contribution in [1.29, 1.82) is 0 Å². The van der Waals surface area contributed by atoms with Crippen molar-refractivity contribution in [1.82, 2.24) is 5.32 Å². The minimum atomic E-state index is -0.950. The van der Waals surface area contributed by atoms with E-state index in [-0.39, 0.29) is 5.41 Å². The van der Waals surface area contributed by atoms with E-state index in [1.807, 2.05) is 12.1 Å². The molecule has 0 radical (unpaired) electrons. The van der Waals surface area contributed by atoms with Gasteiger partial charge in [0.1, 0.15) is 5.75 Å². The number of phenolic OH excluding ortho intramolecular Hbond substituents is 1. The van der Waals surface area contributed by atoms with E-state index in [4.69, 9.17) is 5.11 Å². The Morgan fingerprint density at radius 2 is 2.00 bits per heavy atom. The predicted molar refractivity (Wildman–Crippen MR) is 78.1 cm³/mol. The topological polar surface area (TPSA) is 69.6 Å². The Morgan fingerprint density at radius 3 is 2.50 bits per heavy atom. The Balaban J connectivity index is 1.94. The summed E-state index contributed by atoms with van der Waals surface area (Å²) in [5.41, 5.74) is 1.54. The highest BCUT2D eigenvalue weighted by Gasteiger charge is 2.39. The summed E-state index contributed by atoms with van der Waals surface area (Å²) in [6, 6.07) is 7.56. The number of rotatable bonds is 6. The second-order valence-corrected chi connectivity index (χ2v) is 6.01. The number of benzene rings is 1. The lowest BCUT2D eigenvalue weighted by Gasteiger charge is -2.44. The number of hydrogen-bond donors (Lipinski definition) is 3. The van der Waals surface area contributed by atoms with E-state index in [0.29, 0.717) is 18.2 Å². The van der Waals surface area contributed by atoms with Gasteiger partial charge in [-0.25, -0.2) is 4.79 Å². The van der Waals surface area contributed by atoms with E-state index >= 15 is 0 Å². The van der Waals surface area contributed by atoms with Crippen LogP contribution in [0.25, 0.3) is 0 Å². The maximum absolute atomic E-state index is 10.5. The van der Waals surface area contributed by atoms with Crippen LogP contribution < -0.4 is 5.32 Å². The number of carbonyl (C=O) groups is 1. The van der Waals surface area contributed by atoms with Gasteiger partial charge in [-0.2, -0.15) is 0 Å². The van der Waals surface area contributed by atoms with E-state index in [0.717, 1.165) is 12.8 Å². The third-order valence-electron chi connectivity index (χ3n) is 4.44. The summed E-state index contributed by atoms with van der Waals surface area (Å²) in [7, 11) is 0. The molecule has 1 atom stereocenters. The van der Waals surface area contributed by atoms with Gasteiger partial charge < -0.3 is 15.5 Å². The van der Waals surface area contributed by atoms with Gasteiger partial charge in [-0.1, -0.05) is 25.5 Å². The average Bonchev–Trinajstić information content (AvgIpc) is 2.34. The molecule has 4 nitrogen and oxygen atoms in total. The number of nitrogens with one attached hydrogen (secondary N) is 1. The van der Waals surface area contributed by atoms with Crippen LogP contribution in [0.1, 0.15) is 44.6 Å². The summed E-state index contributed by atoms with van der Waals surface area (Å²) >= 11 is 0. The lowest BCUT2D eigenvalue weighted by Crippen LogP contribution is -2.36. The molecule has 1 fully saturated rings. The Bertz CT molecular complexity index is 451. The predicted octanol–water partition coefficient (Wildman–Crippen LogP) is 3.50. The van der Waals surface area contributed by atoms with Crippen LogP contribution in [0.4, 0.5) is 4.79 Å². The zero-order valence-electron chi connectivity index (χ0n) is 11.9. The fraction of sp³-hybridized carbons (Fsp3) is 0.562. The molecule has 1 saturated carbocycles. The molecule has 0 saturated heterocycles. The van der Waals surface area contributed by atoms with Gasteiger partial charge in [0.2, 0.25) is 0 Å². The highest BCUT2D eigenvalue weighted by molar-refractivity contribution is 5.64. The van der Waals surface area contributed by atoms with Gasteiger partial charge >= 0.3 is 6.09 Å². The SMILES string of the molecule is CC(CCNC(=O)O)CC1(c2ccc(O)cc2)CCC1. The molecule has 0 heterocycles. The first-order chi connectivity index (χ1) is 9.52. The molecule has 4 heteroatoms. The largest absolute Gasteiger partial charge is 0.508 e. The summed E-state index contributed by atoms with van der Waals surface area (Å²) in [5, 5.41) is 20.4. The molecule has 1 aromatic rings. The Morgan fingerprint density at radius 1 is 1.35 bits per heavy atom. The molecule has 1 aliphatic carbocycles. The van der Waals surface area contributed by atoms with Gasteiger partial charge in [0, 0.05) is 6.54 Å². The van der Waals surface area contributed by atoms with Crippen LogP contribution in [0.3, 0.4) is 0 Å².